The Bertz CT molecular complexity index is 754. The van der Waals surface area contributed by atoms with Crippen LogP contribution in [0.15, 0.2) is 48.5 Å². The van der Waals surface area contributed by atoms with Gasteiger partial charge in [0.1, 0.15) is 5.75 Å². The first-order chi connectivity index (χ1) is 12.0. The van der Waals surface area contributed by atoms with Crippen LogP contribution in [-0.4, -0.2) is 34.5 Å². The molecular formula is C18H18N2O5. The molecule has 7 heteroatoms. The van der Waals surface area contributed by atoms with Gasteiger partial charge in [-0.25, -0.2) is 0 Å². The van der Waals surface area contributed by atoms with Crippen LogP contribution in [0.5, 0.6) is 5.75 Å². The van der Waals surface area contributed by atoms with Crippen LogP contribution in [0.2, 0.25) is 0 Å². The van der Waals surface area contributed by atoms with E-state index in [0.29, 0.717) is 23.2 Å². The summed E-state index contributed by atoms with van der Waals surface area (Å²) in [5.41, 5.74) is 1.34. The number of nitrogens with one attached hydrogen (secondary N) is 2. The fraction of sp³-hybridized carbons (Fsp3) is 0.167. The number of carbonyl (C=O) groups excluding carboxylic acids is 2. The summed E-state index contributed by atoms with van der Waals surface area (Å²) < 4.78 is 0. The number of benzene rings is 2. The summed E-state index contributed by atoms with van der Waals surface area (Å²) in [7, 11) is 0. The third-order valence-corrected chi connectivity index (χ3v) is 3.39. The van der Waals surface area contributed by atoms with E-state index in [1.807, 2.05) is 0 Å². The van der Waals surface area contributed by atoms with Crippen molar-refractivity contribution >= 4 is 23.5 Å². The molecule has 0 radical (unpaired) electrons. The van der Waals surface area contributed by atoms with Crippen LogP contribution in [0.3, 0.4) is 0 Å². The summed E-state index contributed by atoms with van der Waals surface area (Å²) in [6.45, 7) is 0.282. The summed E-state index contributed by atoms with van der Waals surface area (Å²) in [4.78, 5) is 34.4. The number of rotatable bonds is 7. The highest BCUT2D eigenvalue weighted by Gasteiger charge is 2.08. The predicted molar refractivity (Wildman–Crippen MR) is 91.7 cm³/mol. The van der Waals surface area contributed by atoms with Crippen LogP contribution in [0.25, 0.3) is 0 Å². The minimum Gasteiger partial charge on any atom is -0.508 e. The van der Waals surface area contributed by atoms with E-state index < -0.39 is 5.97 Å². The molecule has 0 saturated carbocycles. The molecule has 2 aromatic carbocycles. The van der Waals surface area contributed by atoms with Crippen LogP contribution in [-0.2, 0) is 4.79 Å². The van der Waals surface area contributed by atoms with E-state index in [2.05, 4.69) is 10.6 Å². The van der Waals surface area contributed by atoms with Gasteiger partial charge in [-0.2, -0.15) is 0 Å². The Labute approximate surface area is 144 Å². The molecule has 0 aliphatic carbocycles. The van der Waals surface area contributed by atoms with Crippen molar-refractivity contribution < 1.29 is 24.6 Å². The third kappa shape index (κ3) is 5.65. The van der Waals surface area contributed by atoms with Crippen LogP contribution in [0.1, 0.15) is 33.6 Å². The molecular weight excluding hydrogens is 324 g/mol. The van der Waals surface area contributed by atoms with Crippen molar-refractivity contribution in [2.24, 2.45) is 0 Å². The molecule has 2 amide bonds. The van der Waals surface area contributed by atoms with Crippen molar-refractivity contribution in [1.29, 1.82) is 0 Å². The average molecular weight is 342 g/mol. The quantitative estimate of drug-likeness (QED) is 0.576. The highest BCUT2D eigenvalue weighted by atomic mass is 16.4. The van der Waals surface area contributed by atoms with E-state index in [1.165, 1.54) is 24.3 Å². The predicted octanol–water partition coefficient (Wildman–Crippen LogP) is 2.24. The average Bonchev–Trinajstić information content (AvgIpc) is 2.59. The molecule has 0 aliphatic rings. The molecule has 0 spiro atoms. The third-order valence-electron chi connectivity index (χ3n) is 3.39. The number of hydrogen-bond acceptors (Lipinski definition) is 4. The molecule has 4 N–H and O–H groups in total. The summed E-state index contributed by atoms with van der Waals surface area (Å²) in [6, 6.07) is 12.2. The number of carbonyl (C=O) groups is 3. The number of hydrogen-bond donors (Lipinski definition) is 4. The highest BCUT2D eigenvalue weighted by molar-refractivity contribution is 6.04. The van der Waals surface area contributed by atoms with Gasteiger partial charge in [-0.3, -0.25) is 14.4 Å². The summed E-state index contributed by atoms with van der Waals surface area (Å²) in [6.07, 6.45) is 0.365. The molecule has 25 heavy (non-hydrogen) atoms. The zero-order valence-corrected chi connectivity index (χ0v) is 13.4. The number of aromatic hydroxyl groups is 1. The SMILES string of the molecule is O=C(O)CCCNC(=O)c1ccc(NC(=O)c2ccc(O)cc2)cc1. The van der Waals surface area contributed by atoms with Gasteiger partial charge in [0.05, 0.1) is 0 Å². The minimum absolute atomic E-state index is 0.00249. The van der Waals surface area contributed by atoms with Gasteiger partial charge in [0.15, 0.2) is 0 Å². The van der Waals surface area contributed by atoms with Crippen LogP contribution < -0.4 is 10.6 Å². The van der Waals surface area contributed by atoms with Crippen molar-refractivity contribution in [3.05, 3.63) is 59.7 Å². The van der Waals surface area contributed by atoms with Gasteiger partial charge in [0.2, 0.25) is 0 Å². The molecule has 0 atom stereocenters. The van der Waals surface area contributed by atoms with E-state index >= 15 is 0 Å². The fourth-order valence-corrected chi connectivity index (χ4v) is 2.06. The number of carboxylic acids is 1. The number of amides is 2. The number of phenolic OH excluding ortho intramolecular Hbond substituents is 1. The van der Waals surface area contributed by atoms with Gasteiger partial charge in [-0.1, -0.05) is 0 Å². The van der Waals surface area contributed by atoms with Crippen molar-refractivity contribution in [3.63, 3.8) is 0 Å². The number of anilines is 1. The molecule has 0 aromatic heterocycles. The minimum atomic E-state index is -0.900. The zero-order valence-electron chi connectivity index (χ0n) is 13.4. The Morgan fingerprint density at radius 2 is 1.40 bits per heavy atom. The molecule has 0 fully saturated rings. The maximum absolute atomic E-state index is 12.1. The molecule has 0 bridgehead atoms. The molecule has 2 aromatic rings. The van der Waals surface area contributed by atoms with Crippen molar-refractivity contribution in [1.82, 2.24) is 5.32 Å². The Balaban J connectivity index is 1.88. The van der Waals surface area contributed by atoms with Gasteiger partial charge < -0.3 is 20.8 Å². The second kappa shape index (κ2) is 8.49. The standard InChI is InChI=1S/C18H18N2O5/c21-15-9-5-13(6-10-15)18(25)20-14-7-3-12(4-8-14)17(24)19-11-1-2-16(22)23/h3-10,21H,1-2,11H2,(H,19,24)(H,20,25)(H,22,23). The molecule has 130 valence electrons. The maximum atomic E-state index is 12.1. The van der Waals surface area contributed by atoms with Gasteiger partial charge >= 0.3 is 5.97 Å². The first kappa shape index (κ1) is 18.0. The smallest absolute Gasteiger partial charge is 0.303 e. The normalized spacial score (nSPS) is 10.1. The Hall–Kier alpha value is -3.35. The lowest BCUT2D eigenvalue weighted by atomic mass is 10.1. The first-order valence-corrected chi connectivity index (χ1v) is 7.66. The van der Waals surface area contributed by atoms with E-state index in [1.54, 1.807) is 24.3 Å². The van der Waals surface area contributed by atoms with Crippen LogP contribution in [0.4, 0.5) is 5.69 Å². The monoisotopic (exact) mass is 342 g/mol. The largest absolute Gasteiger partial charge is 0.508 e. The zero-order chi connectivity index (χ0) is 18.2. The Morgan fingerprint density at radius 3 is 2.00 bits per heavy atom. The topological polar surface area (TPSA) is 116 Å². The molecule has 0 aliphatic heterocycles. The van der Waals surface area contributed by atoms with Crippen LogP contribution >= 0.6 is 0 Å². The second-order valence-corrected chi connectivity index (χ2v) is 5.33. The molecule has 0 heterocycles. The molecule has 0 unspecified atom stereocenters. The summed E-state index contributed by atoms with van der Waals surface area (Å²) in [5, 5.41) is 23.1. The maximum Gasteiger partial charge on any atom is 0.303 e. The van der Waals surface area contributed by atoms with Gasteiger partial charge in [-0.05, 0) is 55.0 Å². The number of carboxylic acid groups (broad SMARTS) is 1. The molecule has 2 rings (SSSR count). The Morgan fingerprint density at radius 1 is 0.840 bits per heavy atom. The second-order valence-electron chi connectivity index (χ2n) is 5.33. The lowest BCUT2D eigenvalue weighted by Gasteiger charge is -2.07. The van der Waals surface area contributed by atoms with Crippen molar-refractivity contribution in [3.8, 4) is 5.75 Å². The lowest BCUT2D eigenvalue weighted by molar-refractivity contribution is -0.137. The summed E-state index contributed by atoms with van der Waals surface area (Å²) in [5.74, 6) is -1.45. The highest BCUT2D eigenvalue weighted by Crippen LogP contribution is 2.14. The molecule has 7 nitrogen and oxygen atoms in total. The van der Waals surface area contributed by atoms with Crippen molar-refractivity contribution in [2.75, 3.05) is 11.9 Å². The van der Waals surface area contributed by atoms with Gasteiger partial charge in [-0.15, -0.1) is 0 Å². The number of aliphatic carboxylic acids is 1. The lowest BCUT2D eigenvalue weighted by Crippen LogP contribution is -2.24. The fourth-order valence-electron chi connectivity index (χ4n) is 2.06. The van der Waals surface area contributed by atoms with Gasteiger partial charge in [0.25, 0.3) is 11.8 Å². The van der Waals surface area contributed by atoms with Crippen LogP contribution in [0, 0.1) is 0 Å². The number of phenols is 1. The van der Waals surface area contributed by atoms with E-state index in [-0.39, 0.29) is 30.5 Å². The van der Waals surface area contributed by atoms with E-state index in [4.69, 9.17) is 5.11 Å². The molecule has 0 saturated heterocycles. The van der Waals surface area contributed by atoms with Crippen molar-refractivity contribution in [2.45, 2.75) is 12.8 Å². The van der Waals surface area contributed by atoms with Gasteiger partial charge in [0, 0.05) is 29.8 Å². The summed E-state index contributed by atoms with van der Waals surface area (Å²) >= 11 is 0. The Kier molecular flexibility index (Phi) is 6.11. The first-order valence-electron chi connectivity index (χ1n) is 7.66. The van der Waals surface area contributed by atoms with E-state index in [0.717, 1.165) is 0 Å². The van der Waals surface area contributed by atoms with E-state index in [9.17, 15) is 19.5 Å².